The van der Waals surface area contributed by atoms with E-state index in [-0.39, 0.29) is 6.09 Å². The number of anilines is 1. The van der Waals surface area contributed by atoms with Crippen LogP contribution in [0, 0.1) is 0 Å². The monoisotopic (exact) mass is 540 g/mol. The average molecular weight is 541 g/mol. The number of fused-ring (bicyclic) bond motifs is 1. The lowest BCUT2D eigenvalue weighted by molar-refractivity contribution is 0.0139. The number of hydrogen-bond acceptors (Lipinski definition) is 8. The summed E-state index contributed by atoms with van der Waals surface area (Å²) in [4.78, 5) is 40.6. The van der Waals surface area contributed by atoms with E-state index in [9.17, 15) is 4.79 Å². The minimum atomic E-state index is -0.474. The number of pyridine rings is 1. The van der Waals surface area contributed by atoms with Crippen molar-refractivity contribution in [2.45, 2.75) is 45.8 Å². The quantitative estimate of drug-likeness (QED) is 0.387. The molecule has 10 heteroatoms. The first-order valence-electron chi connectivity index (χ1n) is 14.0. The van der Waals surface area contributed by atoms with E-state index in [4.69, 9.17) is 9.72 Å². The van der Waals surface area contributed by atoms with Gasteiger partial charge in [-0.25, -0.2) is 19.7 Å². The van der Waals surface area contributed by atoms with Gasteiger partial charge in [0, 0.05) is 75.8 Å². The first-order valence-corrected chi connectivity index (χ1v) is 14.0. The highest BCUT2D eigenvalue weighted by Crippen LogP contribution is 2.26. The summed E-state index contributed by atoms with van der Waals surface area (Å²) in [6, 6.07) is 12.5. The van der Waals surface area contributed by atoms with Crippen molar-refractivity contribution in [2.75, 3.05) is 44.2 Å². The average Bonchev–Trinajstić information content (AvgIpc) is 3.29. The Morgan fingerprint density at radius 1 is 0.975 bits per heavy atom. The van der Waals surface area contributed by atoms with Crippen LogP contribution in [0.15, 0.2) is 48.9 Å². The minimum Gasteiger partial charge on any atom is -0.444 e. The molecule has 6 rings (SSSR count). The third kappa shape index (κ3) is 6.07. The highest BCUT2D eigenvalue weighted by atomic mass is 16.6. The summed E-state index contributed by atoms with van der Waals surface area (Å²) >= 11 is 0. The maximum absolute atomic E-state index is 12.4. The molecule has 10 nitrogen and oxygen atoms in total. The van der Waals surface area contributed by atoms with Gasteiger partial charge in [-0.15, -0.1) is 0 Å². The number of benzene rings is 1. The lowest BCUT2D eigenvalue weighted by atomic mass is 10.1. The number of aromatic nitrogens is 5. The Morgan fingerprint density at radius 2 is 1.80 bits per heavy atom. The molecule has 4 aromatic rings. The highest BCUT2D eigenvalue weighted by molar-refractivity contribution is 5.81. The van der Waals surface area contributed by atoms with Gasteiger partial charge in [-0.2, -0.15) is 0 Å². The van der Waals surface area contributed by atoms with E-state index in [1.807, 2.05) is 33.0 Å². The van der Waals surface area contributed by atoms with Crippen LogP contribution in [0.2, 0.25) is 0 Å². The van der Waals surface area contributed by atoms with Gasteiger partial charge in [-0.1, -0.05) is 6.07 Å². The first-order chi connectivity index (χ1) is 19.3. The summed E-state index contributed by atoms with van der Waals surface area (Å²) in [7, 11) is 0. The molecular formula is C30H36N8O2. The maximum atomic E-state index is 12.4. The molecule has 3 aromatic heterocycles. The molecule has 5 heterocycles. The number of piperazine rings is 1. The van der Waals surface area contributed by atoms with Crippen LogP contribution in [0.3, 0.4) is 0 Å². The number of H-pyrrole nitrogens is 1. The van der Waals surface area contributed by atoms with Crippen LogP contribution in [0.25, 0.3) is 22.3 Å². The van der Waals surface area contributed by atoms with Crippen molar-refractivity contribution in [3.05, 3.63) is 66.0 Å². The van der Waals surface area contributed by atoms with Crippen molar-refractivity contribution in [1.82, 2.24) is 34.7 Å². The number of hydrogen-bond donors (Lipinski definition) is 1. The van der Waals surface area contributed by atoms with E-state index in [0.717, 1.165) is 72.4 Å². The number of rotatable bonds is 6. The zero-order valence-electron chi connectivity index (χ0n) is 23.4. The fourth-order valence-electron chi connectivity index (χ4n) is 5.10. The molecule has 2 aliphatic heterocycles. The zero-order chi connectivity index (χ0) is 27.7. The molecule has 2 saturated heterocycles. The van der Waals surface area contributed by atoms with E-state index in [0.29, 0.717) is 19.5 Å². The maximum Gasteiger partial charge on any atom is 0.410 e. The second-order valence-corrected chi connectivity index (χ2v) is 11.6. The Labute approximate surface area is 234 Å². The van der Waals surface area contributed by atoms with Crippen LogP contribution in [0.5, 0.6) is 0 Å². The normalized spacial score (nSPS) is 16.3. The molecule has 0 radical (unpaired) electrons. The molecule has 40 heavy (non-hydrogen) atoms. The minimum absolute atomic E-state index is 0.232. The van der Waals surface area contributed by atoms with Gasteiger partial charge < -0.3 is 19.5 Å². The van der Waals surface area contributed by atoms with E-state index in [1.165, 1.54) is 12.0 Å². The fraction of sp³-hybridized carbons (Fsp3) is 0.433. The van der Waals surface area contributed by atoms with Crippen LogP contribution in [-0.2, 0) is 17.7 Å². The molecular weight excluding hydrogens is 504 g/mol. The van der Waals surface area contributed by atoms with Gasteiger partial charge >= 0.3 is 6.09 Å². The van der Waals surface area contributed by atoms with E-state index >= 15 is 0 Å². The van der Waals surface area contributed by atoms with Crippen LogP contribution < -0.4 is 4.90 Å². The number of ether oxygens (including phenoxy) is 1. The zero-order valence-corrected chi connectivity index (χ0v) is 23.4. The smallest absolute Gasteiger partial charge is 0.410 e. The largest absolute Gasteiger partial charge is 0.444 e. The first kappa shape index (κ1) is 26.2. The third-order valence-corrected chi connectivity index (χ3v) is 7.32. The molecule has 208 valence electrons. The predicted octanol–water partition coefficient (Wildman–Crippen LogP) is 4.27. The molecule has 0 unspecified atom stereocenters. The molecule has 0 bridgehead atoms. The SMILES string of the molecule is CC(C)(C)OC(=O)N1CCN(Cc2ccnc(Cc3nc4ccc(-c5cc(N6CCC6)ncn5)cc4[nH]3)c2)CC1. The molecule has 2 fully saturated rings. The Morgan fingerprint density at radius 3 is 2.55 bits per heavy atom. The molecule has 1 N–H and O–H groups in total. The summed E-state index contributed by atoms with van der Waals surface area (Å²) in [5, 5.41) is 0. The number of carbonyl (C=O) groups is 1. The Bertz CT molecular complexity index is 1500. The molecule has 1 amide bonds. The van der Waals surface area contributed by atoms with Crippen molar-refractivity contribution in [1.29, 1.82) is 0 Å². The molecule has 1 aromatic carbocycles. The van der Waals surface area contributed by atoms with Gasteiger partial charge in [0.1, 0.15) is 23.6 Å². The van der Waals surface area contributed by atoms with E-state index in [2.05, 4.69) is 60.1 Å². The highest BCUT2D eigenvalue weighted by Gasteiger charge is 2.26. The fourth-order valence-corrected chi connectivity index (χ4v) is 5.10. The number of aromatic amines is 1. The molecule has 0 aliphatic carbocycles. The Kier molecular flexibility index (Phi) is 7.10. The van der Waals surface area contributed by atoms with Gasteiger partial charge in [-0.3, -0.25) is 9.88 Å². The van der Waals surface area contributed by atoms with E-state index < -0.39 is 5.60 Å². The predicted molar refractivity (Wildman–Crippen MR) is 154 cm³/mol. The summed E-state index contributed by atoms with van der Waals surface area (Å²) in [5.41, 5.74) is 5.56. The number of nitrogens with one attached hydrogen (secondary N) is 1. The number of amides is 1. The number of carbonyl (C=O) groups excluding carboxylic acids is 1. The topological polar surface area (TPSA) is 103 Å². The van der Waals surface area contributed by atoms with Crippen molar-refractivity contribution in [3.63, 3.8) is 0 Å². The lowest BCUT2D eigenvalue weighted by Crippen LogP contribution is -2.49. The van der Waals surface area contributed by atoms with Crippen molar-refractivity contribution in [3.8, 4) is 11.3 Å². The second kappa shape index (κ2) is 10.8. The van der Waals surface area contributed by atoms with Crippen molar-refractivity contribution in [2.24, 2.45) is 0 Å². The second-order valence-electron chi connectivity index (χ2n) is 11.6. The Balaban J connectivity index is 1.09. The number of imidazole rings is 1. The summed E-state index contributed by atoms with van der Waals surface area (Å²) in [5.74, 6) is 1.87. The summed E-state index contributed by atoms with van der Waals surface area (Å²) in [6.45, 7) is 11.6. The van der Waals surface area contributed by atoms with Gasteiger partial charge in [0.2, 0.25) is 0 Å². The molecule has 0 atom stereocenters. The van der Waals surface area contributed by atoms with Crippen molar-refractivity contribution >= 4 is 22.9 Å². The van der Waals surface area contributed by atoms with Crippen molar-refractivity contribution < 1.29 is 9.53 Å². The van der Waals surface area contributed by atoms with Gasteiger partial charge in [-0.05, 0) is 57.0 Å². The van der Waals surface area contributed by atoms with Gasteiger partial charge in [0.25, 0.3) is 0 Å². The number of nitrogens with zero attached hydrogens (tertiary/aromatic N) is 7. The lowest BCUT2D eigenvalue weighted by Gasteiger charge is -2.35. The standard InChI is InChI=1S/C30H36N8O2/c1-30(2,3)40-29(39)38-13-11-36(12-14-38)19-21-7-8-31-23(15-21)17-27-34-24-6-5-22(16-26(24)35-27)25-18-28(33-20-32-25)37-9-4-10-37/h5-8,15-16,18,20H,4,9-14,17,19H2,1-3H3,(H,34,35). The Hall–Kier alpha value is -4.05. The van der Waals surface area contributed by atoms with E-state index in [1.54, 1.807) is 11.2 Å². The van der Waals surface area contributed by atoms with Gasteiger partial charge in [0.15, 0.2) is 0 Å². The van der Waals surface area contributed by atoms with Crippen LogP contribution in [0.4, 0.5) is 10.6 Å². The van der Waals surface area contributed by atoms with Crippen LogP contribution in [0.1, 0.15) is 44.3 Å². The van der Waals surface area contributed by atoms with Gasteiger partial charge in [0.05, 0.1) is 16.7 Å². The molecule has 2 aliphatic rings. The van der Waals surface area contributed by atoms with Crippen LogP contribution >= 0.6 is 0 Å². The molecule has 0 saturated carbocycles. The summed E-state index contributed by atoms with van der Waals surface area (Å²) < 4.78 is 5.52. The molecule has 0 spiro atoms. The summed E-state index contributed by atoms with van der Waals surface area (Å²) in [6.07, 6.45) is 5.12. The van der Waals surface area contributed by atoms with Crippen LogP contribution in [-0.4, -0.2) is 85.7 Å². The third-order valence-electron chi connectivity index (χ3n) is 7.32.